The van der Waals surface area contributed by atoms with Crippen LogP contribution in [0.25, 0.3) is 0 Å². The number of carbonyl (C=O) groups excluding carboxylic acids is 2. The van der Waals surface area contributed by atoms with Crippen molar-refractivity contribution >= 4 is 17.6 Å². The molecule has 0 unspecified atom stereocenters. The third kappa shape index (κ3) is 3.52. The van der Waals surface area contributed by atoms with E-state index in [-0.39, 0.29) is 17.6 Å². The second-order valence-electron chi connectivity index (χ2n) is 4.97. The lowest BCUT2D eigenvalue weighted by molar-refractivity contribution is 0.0526. The van der Waals surface area contributed by atoms with Gasteiger partial charge in [-0.2, -0.15) is 0 Å². The third-order valence-electron chi connectivity index (χ3n) is 3.00. The Morgan fingerprint density at radius 1 is 1.27 bits per heavy atom. The van der Waals surface area contributed by atoms with Crippen LogP contribution >= 0.6 is 0 Å². The molecule has 116 valence electrons. The lowest BCUT2D eigenvalue weighted by atomic mass is 10.1. The van der Waals surface area contributed by atoms with Crippen LogP contribution in [0.15, 0.2) is 35.1 Å². The van der Waals surface area contributed by atoms with Crippen molar-refractivity contribution in [1.29, 1.82) is 0 Å². The zero-order valence-corrected chi connectivity index (χ0v) is 12.8. The van der Waals surface area contributed by atoms with Gasteiger partial charge in [0.1, 0.15) is 0 Å². The number of hydrogen-bond donors (Lipinski definition) is 1. The highest BCUT2D eigenvalue weighted by Crippen LogP contribution is 2.19. The van der Waals surface area contributed by atoms with Crippen molar-refractivity contribution in [2.24, 2.45) is 0 Å². The van der Waals surface area contributed by atoms with E-state index in [9.17, 15) is 9.59 Å². The highest BCUT2D eigenvalue weighted by atomic mass is 16.5. The number of esters is 1. The molecule has 6 heteroatoms. The van der Waals surface area contributed by atoms with Gasteiger partial charge in [0.2, 0.25) is 5.76 Å². The van der Waals surface area contributed by atoms with Gasteiger partial charge in [-0.25, -0.2) is 9.78 Å². The minimum Gasteiger partial charge on any atom is -0.462 e. The van der Waals surface area contributed by atoms with Gasteiger partial charge in [0.05, 0.1) is 17.9 Å². The number of rotatable bonds is 5. The number of carbonyl (C=O) groups is 2. The summed E-state index contributed by atoms with van der Waals surface area (Å²) in [4.78, 5) is 27.8. The smallest absolute Gasteiger partial charge is 0.338 e. The zero-order chi connectivity index (χ0) is 16.1. The van der Waals surface area contributed by atoms with Crippen molar-refractivity contribution in [2.45, 2.75) is 26.7 Å². The van der Waals surface area contributed by atoms with Crippen LogP contribution in [-0.2, 0) is 4.74 Å². The number of amides is 1. The fourth-order valence-corrected chi connectivity index (χ4v) is 1.93. The number of anilines is 1. The molecule has 0 saturated carbocycles. The van der Waals surface area contributed by atoms with E-state index in [4.69, 9.17) is 9.15 Å². The maximum Gasteiger partial charge on any atom is 0.338 e. The SMILES string of the molecule is CCOC(=O)c1ccc(NC(=O)c2ocnc2C(C)C)cc1. The maximum atomic E-state index is 12.2. The first kappa shape index (κ1) is 15.8. The van der Waals surface area contributed by atoms with E-state index >= 15 is 0 Å². The average molecular weight is 302 g/mol. The van der Waals surface area contributed by atoms with Crippen molar-refractivity contribution in [3.63, 3.8) is 0 Å². The molecule has 1 heterocycles. The van der Waals surface area contributed by atoms with Gasteiger partial charge >= 0.3 is 5.97 Å². The van der Waals surface area contributed by atoms with Gasteiger partial charge < -0.3 is 14.5 Å². The maximum absolute atomic E-state index is 12.2. The fraction of sp³-hybridized carbons (Fsp3) is 0.312. The molecule has 1 aromatic carbocycles. The van der Waals surface area contributed by atoms with E-state index in [0.29, 0.717) is 23.6 Å². The summed E-state index contributed by atoms with van der Waals surface area (Å²) in [6.07, 6.45) is 1.26. The van der Waals surface area contributed by atoms with Crippen molar-refractivity contribution < 1.29 is 18.7 Å². The Morgan fingerprint density at radius 2 is 1.95 bits per heavy atom. The van der Waals surface area contributed by atoms with Gasteiger partial charge in [0, 0.05) is 5.69 Å². The summed E-state index contributed by atoms with van der Waals surface area (Å²) < 4.78 is 10.1. The third-order valence-corrected chi connectivity index (χ3v) is 3.00. The molecule has 6 nitrogen and oxygen atoms in total. The molecule has 0 bridgehead atoms. The Morgan fingerprint density at radius 3 is 2.55 bits per heavy atom. The average Bonchev–Trinajstić information content (AvgIpc) is 2.98. The summed E-state index contributed by atoms with van der Waals surface area (Å²) in [6, 6.07) is 6.46. The van der Waals surface area contributed by atoms with E-state index in [1.54, 1.807) is 31.2 Å². The summed E-state index contributed by atoms with van der Waals surface area (Å²) in [5.41, 5.74) is 1.60. The summed E-state index contributed by atoms with van der Waals surface area (Å²) in [5.74, 6) is -0.474. The summed E-state index contributed by atoms with van der Waals surface area (Å²) >= 11 is 0. The van der Waals surface area contributed by atoms with Gasteiger partial charge in [-0.3, -0.25) is 4.79 Å². The Hall–Kier alpha value is -2.63. The van der Waals surface area contributed by atoms with Gasteiger partial charge in [0.15, 0.2) is 6.39 Å². The van der Waals surface area contributed by atoms with Gasteiger partial charge in [-0.05, 0) is 37.1 Å². The molecule has 0 aliphatic rings. The molecular formula is C16H18N2O4. The minimum atomic E-state index is -0.391. The Labute approximate surface area is 128 Å². The number of hydrogen-bond acceptors (Lipinski definition) is 5. The molecule has 0 spiro atoms. The molecule has 22 heavy (non-hydrogen) atoms. The van der Waals surface area contributed by atoms with Crippen LogP contribution in [0.4, 0.5) is 5.69 Å². The number of oxazole rings is 1. The predicted molar refractivity (Wildman–Crippen MR) is 80.9 cm³/mol. The number of nitrogens with zero attached hydrogens (tertiary/aromatic N) is 1. The molecule has 1 aromatic heterocycles. The number of ether oxygens (including phenoxy) is 1. The number of benzene rings is 1. The molecule has 2 rings (SSSR count). The molecule has 0 aliphatic carbocycles. The Bertz CT molecular complexity index is 659. The molecule has 0 saturated heterocycles. The Balaban J connectivity index is 2.09. The molecule has 1 N–H and O–H groups in total. The molecule has 2 aromatic rings. The minimum absolute atomic E-state index is 0.0886. The van der Waals surface area contributed by atoms with Gasteiger partial charge in [-0.15, -0.1) is 0 Å². The van der Waals surface area contributed by atoms with E-state index in [1.807, 2.05) is 13.8 Å². The quantitative estimate of drug-likeness (QED) is 0.857. The first-order valence-electron chi connectivity index (χ1n) is 7.04. The van der Waals surface area contributed by atoms with Crippen molar-refractivity contribution in [3.8, 4) is 0 Å². The van der Waals surface area contributed by atoms with Crippen LogP contribution in [0, 0.1) is 0 Å². The van der Waals surface area contributed by atoms with Crippen LogP contribution in [0.2, 0.25) is 0 Å². The highest BCUT2D eigenvalue weighted by Gasteiger charge is 2.19. The van der Waals surface area contributed by atoms with E-state index in [2.05, 4.69) is 10.3 Å². The molecule has 0 fully saturated rings. The highest BCUT2D eigenvalue weighted by molar-refractivity contribution is 6.03. The standard InChI is InChI=1S/C16H18N2O4/c1-4-21-16(20)11-5-7-12(8-6-11)18-15(19)14-13(10(2)3)17-9-22-14/h5-10H,4H2,1-3H3,(H,18,19). The lowest BCUT2D eigenvalue weighted by Gasteiger charge is -2.07. The molecule has 0 radical (unpaired) electrons. The summed E-state index contributed by atoms with van der Waals surface area (Å²) in [5, 5.41) is 2.71. The first-order chi connectivity index (χ1) is 10.5. The van der Waals surface area contributed by atoms with Crippen LogP contribution < -0.4 is 5.32 Å². The predicted octanol–water partition coefficient (Wildman–Crippen LogP) is 3.23. The Kier molecular flexibility index (Phi) is 4.93. The topological polar surface area (TPSA) is 81.4 Å². The second-order valence-corrected chi connectivity index (χ2v) is 4.97. The van der Waals surface area contributed by atoms with Crippen LogP contribution in [-0.4, -0.2) is 23.5 Å². The van der Waals surface area contributed by atoms with Crippen molar-refractivity contribution in [1.82, 2.24) is 4.98 Å². The summed E-state index contributed by atoms with van der Waals surface area (Å²) in [6.45, 7) is 5.93. The first-order valence-corrected chi connectivity index (χ1v) is 7.04. The van der Waals surface area contributed by atoms with Crippen molar-refractivity contribution in [3.05, 3.63) is 47.7 Å². The van der Waals surface area contributed by atoms with Crippen molar-refractivity contribution in [2.75, 3.05) is 11.9 Å². The van der Waals surface area contributed by atoms with E-state index in [1.165, 1.54) is 6.39 Å². The monoisotopic (exact) mass is 302 g/mol. The largest absolute Gasteiger partial charge is 0.462 e. The summed E-state index contributed by atoms with van der Waals surface area (Å²) in [7, 11) is 0. The van der Waals surface area contributed by atoms with Crippen LogP contribution in [0.3, 0.4) is 0 Å². The molecular weight excluding hydrogens is 284 g/mol. The van der Waals surface area contributed by atoms with E-state index in [0.717, 1.165) is 0 Å². The van der Waals surface area contributed by atoms with E-state index < -0.39 is 5.97 Å². The normalized spacial score (nSPS) is 10.5. The van der Waals surface area contributed by atoms with Gasteiger partial charge in [-0.1, -0.05) is 13.8 Å². The lowest BCUT2D eigenvalue weighted by Crippen LogP contribution is -2.14. The van der Waals surface area contributed by atoms with Crippen LogP contribution in [0.1, 0.15) is 53.3 Å². The molecule has 1 amide bonds. The fourth-order valence-electron chi connectivity index (χ4n) is 1.93. The number of nitrogens with one attached hydrogen (secondary N) is 1. The number of aromatic nitrogens is 1. The molecule has 0 atom stereocenters. The zero-order valence-electron chi connectivity index (χ0n) is 12.8. The second kappa shape index (κ2) is 6.89. The van der Waals surface area contributed by atoms with Gasteiger partial charge in [0.25, 0.3) is 5.91 Å². The molecule has 0 aliphatic heterocycles. The van der Waals surface area contributed by atoms with Crippen LogP contribution in [0.5, 0.6) is 0 Å².